The Morgan fingerprint density at radius 3 is 2.53 bits per heavy atom. The lowest BCUT2D eigenvalue weighted by molar-refractivity contribution is 0.0908. The summed E-state index contributed by atoms with van der Waals surface area (Å²) in [6.45, 7) is 4.43. The molecule has 0 heterocycles. The molecule has 0 radical (unpaired) electrons. The molecule has 2 rings (SSSR count). The fourth-order valence-electron chi connectivity index (χ4n) is 3.02. The maximum absolute atomic E-state index is 12.2. The number of hydrogen-bond acceptors (Lipinski definition) is 2. The summed E-state index contributed by atoms with van der Waals surface area (Å²) in [4.78, 5) is 12.2. The van der Waals surface area contributed by atoms with Gasteiger partial charge in [-0.05, 0) is 49.3 Å². The van der Waals surface area contributed by atoms with E-state index in [1.54, 1.807) is 6.07 Å². The third-order valence-electron chi connectivity index (χ3n) is 3.72. The zero-order valence-corrected chi connectivity index (χ0v) is 12.1. The molecule has 1 aliphatic rings. The zero-order chi connectivity index (χ0) is 14.0. The average molecular weight is 282 g/mol. The van der Waals surface area contributed by atoms with E-state index in [4.69, 9.17) is 11.6 Å². The molecule has 3 nitrogen and oxygen atoms in total. The van der Waals surface area contributed by atoms with Crippen LogP contribution in [0.4, 0.5) is 0 Å². The van der Waals surface area contributed by atoms with Gasteiger partial charge in [-0.2, -0.15) is 0 Å². The molecule has 1 fully saturated rings. The largest absolute Gasteiger partial charge is 0.507 e. The molecule has 1 saturated carbocycles. The number of halogens is 1. The van der Waals surface area contributed by atoms with E-state index in [1.165, 1.54) is 18.6 Å². The van der Waals surface area contributed by atoms with Gasteiger partial charge in [-0.25, -0.2) is 0 Å². The molecular formula is C15H20ClNO2. The van der Waals surface area contributed by atoms with Gasteiger partial charge in [0.2, 0.25) is 0 Å². The number of carbonyl (C=O) groups excluding carboxylic acids is 1. The van der Waals surface area contributed by atoms with Crippen LogP contribution in [-0.2, 0) is 0 Å². The van der Waals surface area contributed by atoms with Gasteiger partial charge in [-0.1, -0.05) is 25.4 Å². The number of carbonyl (C=O) groups is 1. The quantitative estimate of drug-likeness (QED) is 0.870. The SMILES string of the molecule is CC1CC(C)CC(NC(=O)c2cc(Cl)ccc2O)C1. The number of benzene rings is 1. The van der Waals surface area contributed by atoms with E-state index in [0.717, 1.165) is 12.8 Å². The number of rotatable bonds is 2. The van der Waals surface area contributed by atoms with Gasteiger partial charge in [0.05, 0.1) is 5.56 Å². The first-order valence-electron chi connectivity index (χ1n) is 6.75. The zero-order valence-electron chi connectivity index (χ0n) is 11.3. The van der Waals surface area contributed by atoms with Gasteiger partial charge in [0, 0.05) is 11.1 Å². The Balaban J connectivity index is 2.06. The second kappa shape index (κ2) is 5.83. The van der Waals surface area contributed by atoms with Gasteiger partial charge in [0.1, 0.15) is 5.75 Å². The lowest BCUT2D eigenvalue weighted by atomic mass is 9.80. The van der Waals surface area contributed by atoms with Crippen molar-refractivity contribution >= 4 is 17.5 Å². The van der Waals surface area contributed by atoms with Gasteiger partial charge in [-0.3, -0.25) is 4.79 Å². The van der Waals surface area contributed by atoms with Gasteiger partial charge in [0.25, 0.3) is 5.91 Å². The molecule has 0 spiro atoms. The predicted octanol–water partition coefficient (Wildman–Crippen LogP) is 3.60. The molecule has 19 heavy (non-hydrogen) atoms. The fourth-order valence-corrected chi connectivity index (χ4v) is 3.19. The molecule has 2 unspecified atom stereocenters. The maximum atomic E-state index is 12.2. The number of hydrogen-bond donors (Lipinski definition) is 2. The average Bonchev–Trinajstić information content (AvgIpc) is 2.30. The van der Waals surface area contributed by atoms with E-state index >= 15 is 0 Å². The monoisotopic (exact) mass is 281 g/mol. The van der Waals surface area contributed by atoms with Gasteiger partial charge >= 0.3 is 0 Å². The Morgan fingerprint density at radius 2 is 1.89 bits per heavy atom. The fraction of sp³-hybridized carbons (Fsp3) is 0.533. The van der Waals surface area contributed by atoms with Crippen molar-refractivity contribution in [3.63, 3.8) is 0 Å². The Bertz CT molecular complexity index is 465. The number of phenols is 1. The molecule has 2 atom stereocenters. The summed E-state index contributed by atoms with van der Waals surface area (Å²) in [6, 6.07) is 4.70. The highest BCUT2D eigenvalue weighted by molar-refractivity contribution is 6.31. The van der Waals surface area contributed by atoms with E-state index < -0.39 is 0 Å². The minimum Gasteiger partial charge on any atom is -0.507 e. The molecule has 0 aliphatic heterocycles. The summed E-state index contributed by atoms with van der Waals surface area (Å²) in [7, 11) is 0. The minimum absolute atomic E-state index is 0.0289. The normalized spacial score (nSPS) is 27.0. The van der Waals surface area contributed by atoms with Crippen molar-refractivity contribution in [3.8, 4) is 5.75 Å². The van der Waals surface area contributed by atoms with Crippen molar-refractivity contribution in [2.45, 2.75) is 39.2 Å². The first-order valence-corrected chi connectivity index (χ1v) is 7.13. The molecule has 1 aliphatic carbocycles. The van der Waals surface area contributed by atoms with Crippen LogP contribution in [0.5, 0.6) is 5.75 Å². The molecule has 4 heteroatoms. The van der Waals surface area contributed by atoms with Crippen molar-refractivity contribution in [2.75, 3.05) is 0 Å². The van der Waals surface area contributed by atoms with Crippen LogP contribution < -0.4 is 5.32 Å². The van der Waals surface area contributed by atoms with Gasteiger partial charge < -0.3 is 10.4 Å². The molecule has 104 valence electrons. The molecule has 1 aromatic carbocycles. The summed E-state index contributed by atoms with van der Waals surface area (Å²) in [5.74, 6) is 0.981. The molecule has 0 bridgehead atoms. The smallest absolute Gasteiger partial charge is 0.255 e. The number of phenolic OH excluding ortho intramolecular Hbond substituents is 1. The van der Waals surface area contributed by atoms with Gasteiger partial charge in [-0.15, -0.1) is 0 Å². The summed E-state index contributed by atoms with van der Waals surface area (Å²) in [5, 5.41) is 13.2. The summed E-state index contributed by atoms with van der Waals surface area (Å²) >= 11 is 5.86. The number of nitrogens with one attached hydrogen (secondary N) is 1. The van der Waals surface area contributed by atoms with Crippen LogP contribution in [0.25, 0.3) is 0 Å². The van der Waals surface area contributed by atoms with Crippen molar-refractivity contribution in [3.05, 3.63) is 28.8 Å². The van der Waals surface area contributed by atoms with E-state index in [0.29, 0.717) is 16.9 Å². The second-order valence-corrected chi connectivity index (χ2v) is 6.19. The first kappa shape index (κ1) is 14.2. The second-order valence-electron chi connectivity index (χ2n) is 5.75. The summed E-state index contributed by atoms with van der Waals surface area (Å²) < 4.78 is 0. The van der Waals surface area contributed by atoms with Crippen LogP contribution in [0.1, 0.15) is 43.5 Å². The van der Waals surface area contributed by atoms with Crippen LogP contribution >= 0.6 is 11.6 Å². The lowest BCUT2D eigenvalue weighted by Gasteiger charge is -2.32. The van der Waals surface area contributed by atoms with Crippen LogP contribution in [0.15, 0.2) is 18.2 Å². The van der Waals surface area contributed by atoms with Gasteiger partial charge in [0.15, 0.2) is 0 Å². The highest BCUT2D eigenvalue weighted by Gasteiger charge is 2.26. The third-order valence-corrected chi connectivity index (χ3v) is 3.95. The first-order chi connectivity index (χ1) is 8.95. The lowest BCUT2D eigenvalue weighted by Crippen LogP contribution is -2.40. The van der Waals surface area contributed by atoms with Crippen LogP contribution in [0, 0.1) is 11.8 Å². The van der Waals surface area contributed by atoms with Crippen LogP contribution in [0.2, 0.25) is 5.02 Å². The number of amides is 1. The maximum Gasteiger partial charge on any atom is 0.255 e. The van der Waals surface area contributed by atoms with Crippen molar-refractivity contribution in [1.29, 1.82) is 0 Å². The molecule has 2 N–H and O–H groups in total. The number of aromatic hydroxyl groups is 1. The highest BCUT2D eigenvalue weighted by Crippen LogP contribution is 2.29. The summed E-state index contributed by atoms with van der Waals surface area (Å²) in [5.41, 5.74) is 0.248. The van der Waals surface area contributed by atoms with Crippen molar-refractivity contribution in [2.24, 2.45) is 11.8 Å². The van der Waals surface area contributed by atoms with Crippen molar-refractivity contribution in [1.82, 2.24) is 5.32 Å². The van der Waals surface area contributed by atoms with Crippen molar-refractivity contribution < 1.29 is 9.90 Å². The van der Waals surface area contributed by atoms with E-state index in [9.17, 15) is 9.90 Å². The minimum atomic E-state index is -0.244. The summed E-state index contributed by atoms with van der Waals surface area (Å²) in [6.07, 6.45) is 3.21. The Morgan fingerprint density at radius 1 is 1.26 bits per heavy atom. The highest BCUT2D eigenvalue weighted by atomic mass is 35.5. The molecule has 1 aromatic rings. The molecule has 1 amide bonds. The third kappa shape index (κ3) is 3.63. The Kier molecular flexibility index (Phi) is 4.35. The van der Waals surface area contributed by atoms with Crippen LogP contribution in [0.3, 0.4) is 0 Å². The topological polar surface area (TPSA) is 49.3 Å². The Labute approximate surface area is 119 Å². The van der Waals surface area contributed by atoms with E-state index in [-0.39, 0.29) is 23.3 Å². The molecule has 0 saturated heterocycles. The standard InChI is InChI=1S/C15H20ClNO2/c1-9-5-10(2)7-12(6-9)17-15(19)13-8-11(16)3-4-14(13)18/h3-4,8-10,12,18H,5-7H2,1-2H3,(H,17,19). The van der Waals surface area contributed by atoms with E-state index in [2.05, 4.69) is 19.2 Å². The molecular weight excluding hydrogens is 262 g/mol. The predicted molar refractivity (Wildman–Crippen MR) is 76.6 cm³/mol. The Hall–Kier alpha value is -1.22. The van der Waals surface area contributed by atoms with E-state index in [1.807, 2.05) is 0 Å². The molecule has 0 aromatic heterocycles. The van der Waals surface area contributed by atoms with Crippen LogP contribution in [-0.4, -0.2) is 17.1 Å².